The molecular formula is C40H56O. The normalized spacial score (nSPS) is 31.2. The van der Waals surface area contributed by atoms with Gasteiger partial charge >= 0.3 is 0 Å². The number of epoxide rings is 1. The van der Waals surface area contributed by atoms with Crippen molar-refractivity contribution in [3.05, 3.63) is 119 Å². The first-order chi connectivity index (χ1) is 19.2. The first kappa shape index (κ1) is 32.9. The molecule has 1 aliphatic heterocycles. The summed E-state index contributed by atoms with van der Waals surface area (Å²) in [5.74, 6) is 0.529. The van der Waals surface area contributed by atoms with Gasteiger partial charge in [-0.3, -0.25) is 0 Å². The van der Waals surface area contributed by atoms with Gasteiger partial charge in [0.1, 0.15) is 5.60 Å². The van der Waals surface area contributed by atoms with E-state index in [0.717, 1.165) is 6.42 Å². The van der Waals surface area contributed by atoms with Crippen LogP contribution in [-0.4, -0.2) is 11.2 Å². The molecule has 0 aromatic carbocycles. The van der Waals surface area contributed by atoms with E-state index in [2.05, 4.69) is 160 Å². The first-order valence-electron chi connectivity index (χ1n) is 15.7. The van der Waals surface area contributed by atoms with Crippen molar-refractivity contribution in [2.24, 2.45) is 16.7 Å². The number of allylic oxidation sites excluding steroid dienone is 19. The number of hydrogen-bond donors (Lipinski definition) is 0. The van der Waals surface area contributed by atoms with Crippen molar-refractivity contribution in [1.82, 2.24) is 0 Å². The van der Waals surface area contributed by atoms with Gasteiger partial charge in [-0.2, -0.15) is 0 Å². The van der Waals surface area contributed by atoms with Gasteiger partial charge in [-0.1, -0.05) is 141 Å². The molecule has 41 heavy (non-hydrogen) atoms. The standard InChI is InChI=1S/C40H56O/c1-31(19-13-21-33(3)24-25-36-35(5)23-15-27-37(36,6)7)17-11-12-18-32(2)20-14-22-34(4)26-30-40-38(8,9)28-16-29-39(40,10)41-40/h11-14,17-26,30,36H,15-16,27-29H2,1-10H3/b12-11+,19-13+,20-14+,25-24+,30-26+,31-17+,32-18+,33-21+,34-22+/t36-,39-,40+/m0/s1. The van der Waals surface area contributed by atoms with Gasteiger partial charge in [0.25, 0.3) is 0 Å². The predicted molar refractivity (Wildman–Crippen MR) is 181 cm³/mol. The van der Waals surface area contributed by atoms with E-state index in [4.69, 9.17) is 4.74 Å². The van der Waals surface area contributed by atoms with Crippen molar-refractivity contribution in [2.45, 2.75) is 113 Å². The maximum Gasteiger partial charge on any atom is 0.121 e. The second-order valence-corrected chi connectivity index (χ2v) is 14.2. The van der Waals surface area contributed by atoms with Crippen molar-refractivity contribution in [2.75, 3.05) is 0 Å². The van der Waals surface area contributed by atoms with Crippen molar-refractivity contribution in [3.63, 3.8) is 0 Å². The van der Waals surface area contributed by atoms with Crippen LogP contribution in [0.5, 0.6) is 0 Å². The van der Waals surface area contributed by atoms with Crippen LogP contribution in [0.25, 0.3) is 0 Å². The third-order valence-electron chi connectivity index (χ3n) is 9.58. The highest BCUT2D eigenvalue weighted by molar-refractivity contribution is 5.36. The predicted octanol–water partition coefficient (Wildman–Crippen LogP) is 11.7. The van der Waals surface area contributed by atoms with E-state index in [1.165, 1.54) is 53.5 Å². The van der Waals surface area contributed by atoms with Crippen LogP contribution in [0, 0.1) is 16.7 Å². The average Bonchev–Trinajstić information content (AvgIpc) is 3.52. The Kier molecular flexibility index (Phi) is 10.9. The molecule has 0 radical (unpaired) electrons. The molecular weight excluding hydrogens is 496 g/mol. The van der Waals surface area contributed by atoms with E-state index in [-0.39, 0.29) is 16.6 Å². The number of fused-ring (bicyclic) bond motifs is 1. The molecule has 0 amide bonds. The van der Waals surface area contributed by atoms with Crippen LogP contribution in [-0.2, 0) is 4.74 Å². The van der Waals surface area contributed by atoms with E-state index >= 15 is 0 Å². The lowest BCUT2D eigenvalue weighted by molar-refractivity contribution is 0.166. The van der Waals surface area contributed by atoms with E-state index < -0.39 is 0 Å². The molecule has 3 aliphatic rings. The molecule has 0 spiro atoms. The van der Waals surface area contributed by atoms with Crippen LogP contribution >= 0.6 is 0 Å². The molecule has 222 valence electrons. The van der Waals surface area contributed by atoms with Crippen LogP contribution in [0.3, 0.4) is 0 Å². The molecule has 0 aromatic rings. The Labute approximate surface area is 252 Å². The molecule has 1 nitrogen and oxygen atoms in total. The van der Waals surface area contributed by atoms with Crippen LogP contribution in [0.4, 0.5) is 0 Å². The van der Waals surface area contributed by atoms with Gasteiger partial charge < -0.3 is 4.74 Å². The molecule has 2 aliphatic carbocycles. The van der Waals surface area contributed by atoms with Crippen molar-refractivity contribution in [1.29, 1.82) is 0 Å². The summed E-state index contributed by atoms with van der Waals surface area (Å²) in [6.07, 6.45) is 39.2. The molecule has 0 N–H and O–H groups in total. The summed E-state index contributed by atoms with van der Waals surface area (Å²) < 4.78 is 6.34. The molecule has 0 unspecified atom stereocenters. The summed E-state index contributed by atoms with van der Waals surface area (Å²) in [6, 6.07) is 0. The van der Waals surface area contributed by atoms with Crippen LogP contribution in [0.2, 0.25) is 0 Å². The summed E-state index contributed by atoms with van der Waals surface area (Å²) >= 11 is 0. The topological polar surface area (TPSA) is 12.5 Å². The van der Waals surface area contributed by atoms with Gasteiger partial charge in [0.15, 0.2) is 0 Å². The minimum absolute atomic E-state index is 0.0195. The molecule has 1 saturated carbocycles. The van der Waals surface area contributed by atoms with Gasteiger partial charge in [-0.15, -0.1) is 0 Å². The van der Waals surface area contributed by atoms with Gasteiger partial charge in [0, 0.05) is 11.3 Å². The number of ether oxygens (including phenoxy) is 1. The second kappa shape index (κ2) is 13.6. The Bertz CT molecular complexity index is 1250. The van der Waals surface area contributed by atoms with Crippen LogP contribution < -0.4 is 0 Å². The molecule has 2 fully saturated rings. The second-order valence-electron chi connectivity index (χ2n) is 14.2. The van der Waals surface area contributed by atoms with E-state index in [1.807, 2.05) is 0 Å². The lowest BCUT2D eigenvalue weighted by Crippen LogP contribution is -2.41. The summed E-state index contributed by atoms with van der Waals surface area (Å²) in [6.45, 7) is 22.6. The summed E-state index contributed by atoms with van der Waals surface area (Å²) in [4.78, 5) is 0. The third-order valence-corrected chi connectivity index (χ3v) is 9.58. The van der Waals surface area contributed by atoms with E-state index in [9.17, 15) is 0 Å². The van der Waals surface area contributed by atoms with Crippen LogP contribution in [0.15, 0.2) is 119 Å². The molecule has 3 rings (SSSR count). The fourth-order valence-electron chi connectivity index (χ4n) is 6.73. The summed E-state index contributed by atoms with van der Waals surface area (Å²) in [5, 5.41) is 0. The Morgan fingerprint density at radius 1 is 0.707 bits per heavy atom. The number of rotatable bonds is 10. The maximum absolute atomic E-state index is 6.34. The largest absolute Gasteiger partial charge is 0.358 e. The molecule has 1 heteroatoms. The van der Waals surface area contributed by atoms with Gasteiger partial charge in [-0.05, 0) is 85.1 Å². The summed E-state index contributed by atoms with van der Waals surface area (Å²) in [7, 11) is 0. The zero-order valence-electron chi connectivity index (χ0n) is 27.7. The van der Waals surface area contributed by atoms with Crippen molar-refractivity contribution in [3.8, 4) is 0 Å². The Balaban J connectivity index is 1.48. The van der Waals surface area contributed by atoms with Crippen molar-refractivity contribution < 1.29 is 4.74 Å². The van der Waals surface area contributed by atoms with Gasteiger partial charge in [0.2, 0.25) is 0 Å². The highest BCUT2D eigenvalue weighted by atomic mass is 16.6. The minimum atomic E-state index is -0.104. The first-order valence-corrected chi connectivity index (χ1v) is 15.7. The van der Waals surface area contributed by atoms with Gasteiger partial charge in [-0.25, -0.2) is 0 Å². The zero-order valence-corrected chi connectivity index (χ0v) is 27.7. The van der Waals surface area contributed by atoms with Gasteiger partial charge in [0.05, 0.1) is 5.60 Å². The van der Waals surface area contributed by atoms with E-state index in [1.54, 1.807) is 0 Å². The minimum Gasteiger partial charge on any atom is -0.358 e. The SMILES string of the molecule is CC1=CCCC(C)(C)[C@H]1/C=C/C(C)=C/C=C/C(C)=C/C=C/C=C(C)/C=C/C=C(C)/C=C/[C@]12O[C@@]1(C)CCCC2(C)C. The molecule has 3 atom stereocenters. The van der Waals surface area contributed by atoms with E-state index in [0.29, 0.717) is 11.3 Å². The zero-order chi connectivity index (χ0) is 30.3. The quantitative estimate of drug-likeness (QED) is 0.149. The highest BCUT2D eigenvalue weighted by Crippen LogP contribution is 2.66. The van der Waals surface area contributed by atoms with Crippen molar-refractivity contribution >= 4 is 0 Å². The number of hydrogen-bond acceptors (Lipinski definition) is 1. The third kappa shape index (κ3) is 8.45. The lowest BCUT2D eigenvalue weighted by atomic mass is 9.64. The lowest BCUT2D eigenvalue weighted by Gasteiger charge is -2.36. The highest BCUT2D eigenvalue weighted by Gasteiger charge is 2.73. The van der Waals surface area contributed by atoms with Crippen LogP contribution in [0.1, 0.15) is 101 Å². The smallest absolute Gasteiger partial charge is 0.121 e. The molecule has 1 saturated heterocycles. The monoisotopic (exact) mass is 552 g/mol. The summed E-state index contributed by atoms with van der Waals surface area (Å²) in [5.41, 5.74) is 6.92. The average molecular weight is 553 g/mol. The Hall–Kier alpha value is -2.64. The molecule has 0 aromatic heterocycles. The molecule has 0 bridgehead atoms. The fourth-order valence-corrected chi connectivity index (χ4v) is 6.73. The maximum atomic E-state index is 6.34. The molecule has 1 heterocycles. The Morgan fingerprint density at radius 3 is 1.80 bits per heavy atom. The Morgan fingerprint density at radius 2 is 1.24 bits per heavy atom. The fraction of sp³-hybridized carbons (Fsp3) is 0.500.